The molecule has 1 saturated heterocycles. The first-order valence-corrected chi connectivity index (χ1v) is 7.83. The molecule has 1 aromatic carbocycles. The van der Waals surface area contributed by atoms with E-state index in [9.17, 15) is 0 Å². The van der Waals surface area contributed by atoms with Crippen LogP contribution in [0, 0.1) is 5.92 Å². The zero-order chi connectivity index (χ0) is 13.9. The van der Waals surface area contributed by atoms with E-state index in [1.165, 1.54) is 25.7 Å². The topological polar surface area (TPSA) is 29.0 Å². The highest BCUT2D eigenvalue weighted by Crippen LogP contribution is 2.30. The van der Waals surface area contributed by atoms with Gasteiger partial charge in [-0.1, -0.05) is 49.2 Å². The third-order valence-electron chi connectivity index (χ3n) is 4.35. The summed E-state index contributed by atoms with van der Waals surface area (Å²) in [6.45, 7) is 4.42. The molecule has 1 aliphatic heterocycles. The molecule has 1 atom stereocenters. The van der Waals surface area contributed by atoms with Gasteiger partial charge in [-0.05, 0) is 25.2 Å². The molecule has 0 aliphatic carbocycles. The van der Waals surface area contributed by atoms with Crippen LogP contribution in [0.4, 0.5) is 5.82 Å². The SMILES string of the molecule is CCC1CCCN(c2nnc(Cl)c3ccccc23)CC1. The Balaban J connectivity index is 1.96. The third-order valence-corrected chi connectivity index (χ3v) is 4.63. The Hall–Kier alpha value is -1.35. The van der Waals surface area contributed by atoms with Gasteiger partial charge in [0.1, 0.15) is 0 Å². The summed E-state index contributed by atoms with van der Waals surface area (Å²) in [4.78, 5) is 2.38. The molecule has 0 radical (unpaired) electrons. The Kier molecular flexibility index (Phi) is 4.06. The lowest BCUT2D eigenvalue weighted by Gasteiger charge is -2.22. The zero-order valence-corrected chi connectivity index (χ0v) is 12.6. The number of hydrogen-bond acceptors (Lipinski definition) is 3. The minimum absolute atomic E-state index is 0.491. The fourth-order valence-corrected chi connectivity index (χ4v) is 3.28. The molecule has 0 spiro atoms. The van der Waals surface area contributed by atoms with Gasteiger partial charge >= 0.3 is 0 Å². The number of benzene rings is 1. The Morgan fingerprint density at radius 2 is 1.95 bits per heavy atom. The molecule has 2 heterocycles. The van der Waals surface area contributed by atoms with Gasteiger partial charge in [-0.2, -0.15) is 0 Å². The molecule has 1 aliphatic rings. The van der Waals surface area contributed by atoms with Crippen LogP contribution in [-0.4, -0.2) is 23.3 Å². The summed E-state index contributed by atoms with van der Waals surface area (Å²) >= 11 is 6.15. The van der Waals surface area contributed by atoms with E-state index in [4.69, 9.17) is 11.6 Å². The Labute approximate surface area is 124 Å². The highest BCUT2D eigenvalue weighted by atomic mass is 35.5. The van der Waals surface area contributed by atoms with Crippen LogP contribution in [-0.2, 0) is 0 Å². The summed E-state index contributed by atoms with van der Waals surface area (Å²) in [5, 5.41) is 11.1. The normalized spacial score (nSPS) is 20.1. The highest BCUT2D eigenvalue weighted by molar-refractivity contribution is 6.34. The summed E-state index contributed by atoms with van der Waals surface area (Å²) in [7, 11) is 0. The number of aromatic nitrogens is 2. The molecule has 0 bridgehead atoms. The Bertz CT molecular complexity index is 599. The smallest absolute Gasteiger partial charge is 0.159 e. The van der Waals surface area contributed by atoms with Crippen LogP contribution in [0.5, 0.6) is 0 Å². The summed E-state index contributed by atoms with van der Waals surface area (Å²) in [5.41, 5.74) is 0. The van der Waals surface area contributed by atoms with E-state index >= 15 is 0 Å². The number of fused-ring (bicyclic) bond motifs is 1. The quantitative estimate of drug-likeness (QED) is 0.825. The number of anilines is 1. The van der Waals surface area contributed by atoms with E-state index < -0.39 is 0 Å². The number of rotatable bonds is 2. The van der Waals surface area contributed by atoms with Crippen molar-refractivity contribution in [3.8, 4) is 0 Å². The molecule has 0 N–H and O–H groups in total. The van der Waals surface area contributed by atoms with Crippen molar-refractivity contribution in [2.24, 2.45) is 5.92 Å². The average molecular weight is 290 g/mol. The van der Waals surface area contributed by atoms with Crippen LogP contribution in [0.15, 0.2) is 24.3 Å². The number of hydrogen-bond donors (Lipinski definition) is 0. The monoisotopic (exact) mass is 289 g/mol. The minimum atomic E-state index is 0.491. The van der Waals surface area contributed by atoms with E-state index in [0.29, 0.717) is 5.15 Å². The molecule has 4 heteroatoms. The molecule has 106 valence electrons. The minimum Gasteiger partial charge on any atom is -0.355 e. The van der Waals surface area contributed by atoms with Crippen molar-refractivity contribution in [1.29, 1.82) is 0 Å². The maximum atomic E-state index is 6.15. The largest absolute Gasteiger partial charge is 0.355 e. The van der Waals surface area contributed by atoms with Gasteiger partial charge in [0.05, 0.1) is 0 Å². The van der Waals surface area contributed by atoms with Gasteiger partial charge in [-0.3, -0.25) is 0 Å². The first-order chi connectivity index (χ1) is 9.79. The predicted octanol–water partition coefficient (Wildman–Crippen LogP) is 4.30. The third kappa shape index (κ3) is 2.59. The zero-order valence-electron chi connectivity index (χ0n) is 11.8. The number of halogens is 1. The average Bonchev–Trinajstić information content (AvgIpc) is 2.73. The van der Waals surface area contributed by atoms with Gasteiger partial charge in [-0.25, -0.2) is 0 Å². The molecular weight excluding hydrogens is 270 g/mol. The molecule has 1 aromatic heterocycles. The first kappa shape index (κ1) is 13.6. The van der Waals surface area contributed by atoms with Gasteiger partial charge in [-0.15, -0.1) is 10.2 Å². The van der Waals surface area contributed by atoms with Gasteiger partial charge in [0.2, 0.25) is 0 Å². The van der Waals surface area contributed by atoms with Crippen molar-refractivity contribution in [2.75, 3.05) is 18.0 Å². The standard InChI is InChI=1S/C16H20ClN3/c1-2-12-6-5-10-20(11-9-12)16-14-8-4-3-7-13(14)15(17)18-19-16/h3-4,7-8,12H,2,5-6,9-11H2,1H3. The predicted molar refractivity (Wildman–Crippen MR) is 84.4 cm³/mol. The Morgan fingerprint density at radius 1 is 1.15 bits per heavy atom. The van der Waals surface area contributed by atoms with Gasteiger partial charge < -0.3 is 4.90 Å². The van der Waals surface area contributed by atoms with Crippen molar-refractivity contribution >= 4 is 28.2 Å². The molecule has 1 unspecified atom stereocenters. The van der Waals surface area contributed by atoms with Crippen LogP contribution in [0.25, 0.3) is 10.8 Å². The van der Waals surface area contributed by atoms with Gasteiger partial charge in [0.15, 0.2) is 11.0 Å². The lowest BCUT2D eigenvalue weighted by atomic mass is 9.98. The van der Waals surface area contributed by atoms with Crippen LogP contribution in [0.1, 0.15) is 32.6 Å². The molecule has 1 fully saturated rings. The van der Waals surface area contributed by atoms with E-state index in [1.807, 2.05) is 18.2 Å². The lowest BCUT2D eigenvalue weighted by molar-refractivity contribution is 0.459. The van der Waals surface area contributed by atoms with Crippen molar-refractivity contribution in [1.82, 2.24) is 10.2 Å². The fraction of sp³-hybridized carbons (Fsp3) is 0.500. The first-order valence-electron chi connectivity index (χ1n) is 7.45. The van der Waals surface area contributed by atoms with Crippen LogP contribution in [0.2, 0.25) is 5.15 Å². The maximum absolute atomic E-state index is 6.15. The second-order valence-corrected chi connectivity index (χ2v) is 5.91. The van der Waals surface area contributed by atoms with Crippen LogP contribution in [0.3, 0.4) is 0 Å². The highest BCUT2D eigenvalue weighted by Gasteiger charge is 2.19. The van der Waals surface area contributed by atoms with Crippen molar-refractivity contribution in [2.45, 2.75) is 32.6 Å². The van der Waals surface area contributed by atoms with Crippen LogP contribution >= 0.6 is 11.6 Å². The van der Waals surface area contributed by atoms with Crippen molar-refractivity contribution in [3.63, 3.8) is 0 Å². The summed E-state index contributed by atoms with van der Waals surface area (Å²) in [6, 6.07) is 8.14. The second kappa shape index (κ2) is 5.96. The molecule has 0 saturated carbocycles. The van der Waals surface area contributed by atoms with Gasteiger partial charge in [0, 0.05) is 23.9 Å². The fourth-order valence-electron chi connectivity index (χ4n) is 3.08. The molecule has 0 amide bonds. The van der Waals surface area contributed by atoms with E-state index in [0.717, 1.165) is 35.6 Å². The van der Waals surface area contributed by atoms with E-state index in [2.05, 4.69) is 28.1 Å². The molecule has 20 heavy (non-hydrogen) atoms. The number of nitrogens with zero attached hydrogens (tertiary/aromatic N) is 3. The van der Waals surface area contributed by atoms with E-state index in [1.54, 1.807) is 0 Å². The summed E-state index contributed by atoms with van der Waals surface area (Å²) < 4.78 is 0. The lowest BCUT2D eigenvalue weighted by Crippen LogP contribution is -2.25. The second-order valence-electron chi connectivity index (χ2n) is 5.55. The Morgan fingerprint density at radius 3 is 2.75 bits per heavy atom. The summed E-state index contributed by atoms with van der Waals surface area (Å²) in [6.07, 6.45) is 5.08. The van der Waals surface area contributed by atoms with Crippen LogP contribution < -0.4 is 4.90 Å². The van der Waals surface area contributed by atoms with E-state index in [-0.39, 0.29) is 0 Å². The molecular formula is C16H20ClN3. The molecule has 3 nitrogen and oxygen atoms in total. The summed E-state index contributed by atoms with van der Waals surface area (Å²) in [5.74, 6) is 1.84. The van der Waals surface area contributed by atoms with Crippen molar-refractivity contribution < 1.29 is 0 Å². The van der Waals surface area contributed by atoms with Crippen molar-refractivity contribution in [3.05, 3.63) is 29.4 Å². The molecule has 3 rings (SSSR count). The maximum Gasteiger partial charge on any atom is 0.159 e. The molecule has 2 aromatic rings. The van der Waals surface area contributed by atoms with Gasteiger partial charge in [0.25, 0.3) is 0 Å².